The van der Waals surface area contributed by atoms with E-state index < -0.39 is 17.2 Å². The predicted octanol–water partition coefficient (Wildman–Crippen LogP) is 2.08. The summed E-state index contributed by atoms with van der Waals surface area (Å²) in [6.45, 7) is 2.48. The van der Waals surface area contributed by atoms with Crippen LogP contribution in [0.1, 0.15) is 19.3 Å². The van der Waals surface area contributed by atoms with E-state index in [2.05, 4.69) is 0 Å². The molecule has 5 aliphatic rings. The van der Waals surface area contributed by atoms with Crippen LogP contribution in [0.5, 0.6) is 0 Å². The van der Waals surface area contributed by atoms with Gasteiger partial charge in [-0.05, 0) is 12.8 Å². The summed E-state index contributed by atoms with van der Waals surface area (Å²) < 4.78 is 27.9. The van der Waals surface area contributed by atoms with Crippen molar-refractivity contribution in [3.05, 3.63) is 0 Å². The highest BCUT2D eigenvalue weighted by molar-refractivity contribution is 7.42. The van der Waals surface area contributed by atoms with Crippen LogP contribution >= 0.6 is 17.2 Å². The molecule has 2 spiro atoms. The molecule has 0 aromatic heterocycles. The topological polar surface area (TPSA) is 66.4 Å². The molecule has 1 atom stereocenters. The van der Waals surface area contributed by atoms with Gasteiger partial charge in [0.2, 0.25) is 0 Å². The Morgan fingerprint density at radius 1 is 0.889 bits per heavy atom. The molecule has 0 aromatic carbocycles. The van der Waals surface area contributed by atoms with E-state index in [0.717, 1.165) is 32.5 Å². The van der Waals surface area contributed by atoms with E-state index in [0.29, 0.717) is 13.2 Å². The second kappa shape index (κ2) is 4.31. The van der Waals surface area contributed by atoms with E-state index in [9.17, 15) is 4.89 Å². The van der Waals surface area contributed by atoms with Crippen molar-refractivity contribution in [3.8, 4) is 0 Å². The smallest absolute Gasteiger partial charge is 0.328 e. The lowest BCUT2D eigenvalue weighted by Gasteiger charge is -2.59. The molecule has 1 saturated carbocycles. The average molecular weight is 294 g/mol. The van der Waals surface area contributed by atoms with Crippen molar-refractivity contribution in [2.24, 2.45) is 10.8 Å². The maximum atomic E-state index is 9.38. The summed E-state index contributed by atoms with van der Waals surface area (Å²) in [4.78, 5) is 9.38. The van der Waals surface area contributed by atoms with Crippen molar-refractivity contribution in [3.63, 3.8) is 0 Å². The van der Waals surface area contributed by atoms with Gasteiger partial charge < -0.3 is 27.5 Å². The van der Waals surface area contributed by atoms with Gasteiger partial charge in [-0.1, -0.05) is 6.42 Å². The Bertz CT molecular complexity index is 332. The van der Waals surface area contributed by atoms with Crippen molar-refractivity contribution < 1.29 is 27.5 Å². The zero-order chi connectivity index (χ0) is 12.2. The lowest BCUT2D eigenvalue weighted by Crippen LogP contribution is -2.63. The maximum Gasteiger partial charge on any atom is 0.333 e. The molecule has 8 heteroatoms. The van der Waals surface area contributed by atoms with E-state index in [4.69, 9.17) is 22.6 Å². The second-order valence-corrected chi connectivity index (χ2v) is 7.79. The van der Waals surface area contributed by atoms with Crippen molar-refractivity contribution in [2.45, 2.75) is 25.4 Å². The fourth-order valence-electron chi connectivity index (χ4n) is 3.55. The summed E-state index contributed by atoms with van der Waals surface area (Å²) in [7, 11) is -2.87. The highest BCUT2D eigenvalue weighted by atomic mass is 31.2. The minimum Gasteiger partial charge on any atom is -0.328 e. The molecule has 6 nitrogen and oxygen atoms in total. The lowest BCUT2D eigenvalue weighted by atomic mass is 9.60. The largest absolute Gasteiger partial charge is 0.333 e. The summed E-state index contributed by atoms with van der Waals surface area (Å²) in [5, 5.41) is 0. The third-order valence-corrected chi connectivity index (χ3v) is 6.26. The van der Waals surface area contributed by atoms with Crippen molar-refractivity contribution in [2.75, 3.05) is 26.4 Å². The highest BCUT2D eigenvalue weighted by Gasteiger charge is 2.62. The molecule has 4 saturated heterocycles. The van der Waals surface area contributed by atoms with Gasteiger partial charge in [0, 0.05) is 10.8 Å². The zero-order valence-corrected chi connectivity index (χ0v) is 11.7. The van der Waals surface area contributed by atoms with E-state index in [1.807, 2.05) is 0 Å². The Labute approximate surface area is 108 Å². The van der Waals surface area contributed by atoms with Crippen LogP contribution in [0, 0.1) is 10.8 Å². The van der Waals surface area contributed by atoms with Crippen molar-refractivity contribution >= 4 is 17.2 Å². The molecular weight excluding hydrogens is 278 g/mol. The standard InChI is InChI=1S/C10H16O6P2/c11-17-12-4-9(5-13-17)2-1-3-10-6-14-18(15-7-10)16-8(9)10/h8,11H,1-7H2. The molecule has 5 rings (SSSR count). The lowest BCUT2D eigenvalue weighted by molar-refractivity contribution is -0.212. The van der Waals surface area contributed by atoms with Gasteiger partial charge in [-0.2, -0.15) is 0 Å². The molecule has 0 radical (unpaired) electrons. The molecule has 0 amide bonds. The first kappa shape index (κ1) is 12.4. The Balaban J connectivity index is 1.64. The summed E-state index contributed by atoms with van der Waals surface area (Å²) in [5.74, 6) is 0. The summed E-state index contributed by atoms with van der Waals surface area (Å²) in [6, 6.07) is 0. The van der Waals surface area contributed by atoms with Crippen LogP contribution in [0.2, 0.25) is 0 Å². The van der Waals surface area contributed by atoms with Crippen LogP contribution < -0.4 is 0 Å². The molecule has 1 N–H and O–H groups in total. The van der Waals surface area contributed by atoms with Crippen LogP contribution in [-0.2, 0) is 22.6 Å². The van der Waals surface area contributed by atoms with Crippen LogP contribution in [-0.4, -0.2) is 37.4 Å². The van der Waals surface area contributed by atoms with Crippen LogP contribution in [0.4, 0.5) is 0 Å². The Hall–Kier alpha value is 0.620. The fourth-order valence-corrected chi connectivity index (χ4v) is 5.90. The molecule has 0 aromatic rings. The quantitative estimate of drug-likeness (QED) is 0.690. The molecular formula is C10H16O6P2. The van der Waals surface area contributed by atoms with Gasteiger partial charge in [-0.15, -0.1) is 0 Å². The number of hydrogen-bond acceptors (Lipinski definition) is 6. The van der Waals surface area contributed by atoms with E-state index in [1.54, 1.807) is 0 Å². The maximum absolute atomic E-state index is 9.38. The monoisotopic (exact) mass is 294 g/mol. The number of hydrogen-bond donors (Lipinski definition) is 1. The molecule has 18 heavy (non-hydrogen) atoms. The van der Waals surface area contributed by atoms with Gasteiger partial charge in [0.25, 0.3) is 0 Å². The third kappa shape index (κ3) is 1.72. The summed E-state index contributed by atoms with van der Waals surface area (Å²) in [6.07, 6.45) is 3.26. The average Bonchev–Trinajstić information content (AvgIpc) is 2.43. The fraction of sp³-hybridized carbons (Fsp3) is 1.00. The molecule has 4 heterocycles. The molecule has 2 bridgehead atoms. The number of rotatable bonds is 0. The van der Waals surface area contributed by atoms with Crippen LogP contribution in [0.25, 0.3) is 0 Å². The van der Waals surface area contributed by atoms with Gasteiger partial charge in [0.1, 0.15) is 0 Å². The zero-order valence-electron chi connectivity index (χ0n) is 9.91. The first-order valence-corrected chi connectivity index (χ1v) is 8.43. The highest BCUT2D eigenvalue weighted by Crippen LogP contribution is 2.65. The van der Waals surface area contributed by atoms with Crippen LogP contribution in [0.3, 0.4) is 0 Å². The normalized spacial score (nSPS) is 55.5. The first-order valence-electron chi connectivity index (χ1n) is 6.20. The SMILES string of the molecule is OP1OCC2(CCCC34COP(OC3)OC24)CO1. The van der Waals surface area contributed by atoms with Crippen LogP contribution in [0.15, 0.2) is 0 Å². The van der Waals surface area contributed by atoms with Gasteiger partial charge >= 0.3 is 17.2 Å². The molecule has 5 fully saturated rings. The second-order valence-electron chi connectivity index (χ2n) is 5.62. The summed E-state index contributed by atoms with van der Waals surface area (Å²) >= 11 is 0. The molecule has 1 aliphatic carbocycles. The Kier molecular flexibility index (Phi) is 2.96. The van der Waals surface area contributed by atoms with Gasteiger partial charge in [0.15, 0.2) is 0 Å². The van der Waals surface area contributed by atoms with E-state index in [-0.39, 0.29) is 16.9 Å². The number of fused-ring (bicyclic) bond motifs is 2. The minimum absolute atomic E-state index is 0.0440. The Morgan fingerprint density at radius 3 is 2.06 bits per heavy atom. The van der Waals surface area contributed by atoms with Gasteiger partial charge in [0.05, 0.1) is 32.5 Å². The van der Waals surface area contributed by atoms with E-state index >= 15 is 0 Å². The van der Waals surface area contributed by atoms with Gasteiger partial charge in [-0.25, -0.2) is 0 Å². The predicted molar refractivity (Wildman–Crippen MR) is 63.5 cm³/mol. The van der Waals surface area contributed by atoms with E-state index in [1.165, 1.54) is 0 Å². The molecule has 1 unspecified atom stereocenters. The third-order valence-electron chi connectivity index (χ3n) is 4.49. The first-order chi connectivity index (χ1) is 8.73. The molecule has 102 valence electrons. The Morgan fingerprint density at radius 2 is 1.44 bits per heavy atom. The van der Waals surface area contributed by atoms with Crippen molar-refractivity contribution in [1.82, 2.24) is 0 Å². The summed E-state index contributed by atoms with van der Waals surface area (Å²) in [5.41, 5.74) is -0.175. The molecule has 4 aliphatic heterocycles. The van der Waals surface area contributed by atoms with Crippen molar-refractivity contribution in [1.29, 1.82) is 0 Å². The van der Waals surface area contributed by atoms with Gasteiger partial charge in [-0.3, -0.25) is 0 Å². The minimum atomic E-state index is -1.69.